The first-order valence-corrected chi connectivity index (χ1v) is 7.70. The molecule has 0 saturated carbocycles. The summed E-state index contributed by atoms with van der Waals surface area (Å²) >= 11 is 0. The highest BCUT2D eigenvalue weighted by molar-refractivity contribution is 7.89. The molecule has 1 aromatic heterocycles. The molecule has 2 heterocycles. The molecule has 2 rings (SSSR count). The van der Waals surface area contributed by atoms with Crippen molar-refractivity contribution in [3.05, 3.63) is 23.7 Å². The van der Waals surface area contributed by atoms with Crippen LogP contribution in [-0.4, -0.2) is 38.7 Å². The van der Waals surface area contributed by atoms with Crippen molar-refractivity contribution in [3.63, 3.8) is 0 Å². The molecular weight excluding hydrogens is 254 g/mol. The summed E-state index contributed by atoms with van der Waals surface area (Å²) in [5, 5.41) is 0. The lowest BCUT2D eigenvalue weighted by Gasteiger charge is -2.22. The largest absolute Gasteiger partial charge is 0.465 e. The first-order chi connectivity index (χ1) is 8.54. The lowest BCUT2D eigenvalue weighted by molar-refractivity contribution is 0.214. The number of hydrogen-bond donors (Lipinski definition) is 0. The zero-order valence-corrected chi connectivity index (χ0v) is 11.6. The van der Waals surface area contributed by atoms with E-state index in [1.165, 1.54) is 7.11 Å². The number of nitrogens with zero attached hydrogens (tertiary/aromatic N) is 1. The summed E-state index contributed by atoms with van der Waals surface area (Å²) in [4.78, 5) is 0. The van der Waals surface area contributed by atoms with E-state index in [-0.39, 0.29) is 18.4 Å². The van der Waals surface area contributed by atoms with Crippen molar-refractivity contribution >= 4 is 10.0 Å². The van der Waals surface area contributed by atoms with E-state index in [4.69, 9.17) is 9.15 Å². The molecule has 0 N–H and O–H groups in total. The van der Waals surface area contributed by atoms with Crippen molar-refractivity contribution in [2.24, 2.45) is 0 Å². The molecule has 18 heavy (non-hydrogen) atoms. The van der Waals surface area contributed by atoms with E-state index < -0.39 is 10.0 Å². The van der Waals surface area contributed by atoms with Gasteiger partial charge in [0.05, 0.1) is 18.4 Å². The molecule has 0 aliphatic carbocycles. The van der Waals surface area contributed by atoms with E-state index in [9.17, 15) is 8.42 Å². The van der Waals surface area contributed by atoms with Crippen molar-refractivity contribution in [2.45, 2.75) is 25.8 Å². The van der Waals surface area contributed by atoms with Crippen LogP contribution in [0.5, 0.6) is 0 Å². The first-order valence-electron chi connectivity index (χ1n) is 6.09. The van der Waals surface area contributed by atoms with E-state index in [1.54, 1.807) is 4.31 Å². The molecule has 1 saturated heterocycles. The van der Waals surface area contributed by atoms with Crippen LogP contribution in [0.2, 0.25) is 0 Å². The Labute approximate surface area is 108 Å². The Morgan fingerprint density at radius 1 is 1.50 bits per heavy atom. The van der Waals surface area contributed by atoms with E-state index >= 15 is 0 Å². The molecule has 0 unspecified atom stereocenters. The molecule has 1 aliphatic rings. The third kappa shape index (κ3) is 2.76. The highest BCUT2D eigenvalue weighted by Gasteiger charge is 2.36. The summed E-state index contributed by atoms with van der Waals surface area (Å²) in [6.45, 7) is 2.65. The molecule has 0 spiro atoms. The normalized spacial score (nSPS) is 21.6. The van der Waals surface area contributed by atoms with Crippen LogP contribution in [0, 0.1) is 6.92 Å². The number of rotatable bonds is 5. The van der Waals surface area contributed by atoms with Gasteiger partial charge in [0.1, 0.15) is 11.5 Å². The minimum atomic E-state index is -3.26. The SMILES string of the molecule is COCCS(=O)(=O)N1CCC[C@@H]1c1ccc(C)o1. The summed E-state index contributed by atoms with van der Waals surface area (Å²) in [6.07, 6.45) is 1.69. The van der Waals surface area contributed by atoms with Crippen LogP contribution in [0.15, 0.2) is 16.5 Å². The standard InChI is InChI=1S/C12H19NO4S/c1-10-5-6-12(17-10)11-4-3-7-13(11)18(14,15)9-8-16-2/h5-6,11H,3-4,7-9H2,1-2H3/t11-/m1/s1. The molecule has 0 radical (unpaired) electrons. The summed E-state index contributed by atoms with van der Waals surface area (Å²) in [5.41, 5.74) is 0. The van der Waals surface area contributed by atoms with Crippen LogP contribution in [0.25, 0.3) is 0 Å². The molecule has 0 aromatic carbocycles. The Morgan fingerprint density at radius 2 is 2.28 bits per heavy atom. The van der Waals surface area contributed by atoms with Crippen LogP contribution in [0.3, 0.4) is 0 Å². The van der Waals surface area contributed by atoms with E-state index in [0.29, 0.717) is 6.54 Å². The quantitative estimate of drug-likeness (QED) is 0.819. The summed E-state index contributed by atoms with van der Waals surface area (Å²) < 4.78 is 36.3. The molecule has 1 aliphatic heterocycles. The maximum atomic E-state index is 12.2. The number of aryl methyl sites for hydroxylation is 1. The summed E-state index contributed by atoms with van der Waals surface area (Å²) in [5.74, 6) is 1.58. The van der Waals surface area contributed by atoms with E-state index in [1.807, 2.05) is 19.1 Å². The van der Waals surface area contributed by atoms with Gasteiger partial charge >= 0.3 is 0 Å². The zero-order chi connectivity index (χ0) is 13.2. The smallest absolute Gasteiger partial charge is 0.217 e. The van der Waals surface area contributed by atoms with Crippen molar-refractivity contribution in [1.29, 1.82) is 0 Å². The second-order valence-electron chi connectivity index (χ2n) is 4.53. The highest BCUT2D eigenvalue weighted by atomic mass is 32.2. The van der Waals surface area contributed by atoms with Gasteiger partial charge in [0, 0.05) is 13.7 Å². The lowest BCUT2D eigenvalue weighted by atomic mass is 10.2. The number of furan rings is 1. The Balaban J connectivity index is 2.17. The van der Waals surface area contributed by atoms with Crippen LogP contribution >= 0.6 is 0 Å². The van der Waals surface area contributed by atoms with Gasteiger partial charge in [0.15, 0.2) is 0 Å². The molecular formula is C12H19NO4S. The van der Waals surface area contributed by atoms with Gasteiger partial charge in [-0.2, -0.15) is 4.31 Å². The Hall–Kier alpha value is -0.850. The predicted molar refractivity (Wildman–Crippen MR) is 67.8 cm³/mol. The minimum Gasteiger partial charge on any atom is -0.465 e. The van der Waals surface area contributed by atoms with Gasteiger partial charge in [-0.1, -0.05) is 0 Å². The summed E-state index contributed by atoms with van der Waals surface area (Å²) in [6, 6.07) is 3.58. The molecule has 102 valence electrons. The maximum absolute atomic E-state index is 12.2. The lowest BCUT2D eigenvalue weighted by Crippen LogP contribution is -2.33. The number of methoxy groups -OCH3 is 1. The molecule has 1 fully saturated rings. The Kier molecular flexibility index (Phi) is 4.09. The number of hydrogen-bond acceptors (Lipinski definition) is 4. The molecule has 1 atom stereocenters. The van der Waals surface area contributed by atoms with Gasteiger partial charge in [0.2, 0.25) is 10.0 Å². The third-order valence-electron chi connectivity index (χ3n) is 3.20. The fourth-order valence-corrected chi connectivity index (χ4v) is 3.91. The van der Waals surface area contributed by atoms with E-state index in [2.05, 4.69) is 0 Å². The zero-order valence-electron chi connectivity index (χ0n) is 10.8. The molecule has 0 amide bonds. The fraction of sp³-hybridized carbons (Fsp3) is 0.667. The van der Waals surface area contributed by atoms with Crippen LogP contribution in [0.1, 0.15) is 30.4 Å². The van der Waals surface area contributed by atoms with Crippen LogP contribution in [-0.2, 0) is 14.8 Å². The highest BCUT2D eigenvalue weighted by Crippen LogP contribution is 2.35. The van der Waals surface area contributed by atoms with Crippen molar-refractivity contribution < 1.29 is 17.6 Å². The van der Waals surface area contributed by atoms with Crippen molar-refractivity contribution in [2.75, 3.05) is 26.0 Å². The third-order valence-corrected chi connectivity index (χ3v) is 5.03. The monoisotopic (exact) mass is 273 g/mol. The molecule has 0 bridgehead atoms. The van der Waals surface area contributed by atoms with Gasteiger partial charge in [0.25, 0.3) is 0 Å². The van der Waals surface area contributed by atoms with Gasteiger partial charge < -0.3 is 9.15 Å². The van der Waals surface area contributed by atoms with Gasteiger partial charge in [-0.25, -0.2) is 8.42 Å². The van der Waals surface area contributed by atoms with E-state index in [0.717, 1.165) is 24.4 Å². The van der Waals surface area contributed by atoms with Gasteiger partial charge in [-0.15, -0.1) is 0 Å². The Morgan fingerprint density at radius 3 is 2.89 bits per heavy atom. The topological polar surface area (TPSA) is 59.8 Å². The van der Waals surface area contributed by atoms with Crippen molar-refractivity contribution in [1.82, 2.24) is 4.31 Å². The number of sulfonamides is 1. The second kappa shape index (κ2) is 5.42. The van der Waals surface area contributed by atoms with Gasteiger partial charge in [-0.05, 0) is 31.9 Å². The molecule has 6 heteroatoms. The molecule has 5 nitrogen and oxygen atoms in total. The predicted octanol–water partition coefficient (Wildman–Crippen LogP) is 1.70. The van der Waals surface area contributed by atoms with Crippen LogP contribution in [0.4, 0.5) is 0 Å². The number of ether oxygens (including phenoxy) is 1. The average Bonchev–Trinajstić information content (AvgIpc) is 2.94. The minimum absolute atomic E-state index is 0.0275. The molecule has 1 aromatic rings. The summed E-state index contributed by atoms with van der Waals surface area (Å²) in [7, 11) is -1.76. The van der Waals surface area contributed by atoms with Gasteiger partial charge in [-0.3, -0.25) is 0 Å². The fourth-order valence-electron chi connectivity index (χ4n) is 2.30. The second-order valence-corrected chi connectivity index (χ2v) is 6.57. The maximum Gasteiger partial charge on any atom is 0.217 e. The first kappa shape index (κ1) is 13.6. The Bertz CT molecular complexity index is 494. The van der Waals surface area contributed by atoms with Crippen molar-refractivity contribution in [3.8, 4) is 0 Å². The average molecular weight is 273 g/mol. The van der Waals surface area contributed by atoms with Crippen LogP contribution < -0.4 is 0 Å².